The monoisotopic (exact) mass is 348 g/mol. The maximum Gasteiger partial charge on any atom is 0.237 e. The Balaban J connectivity index is 2.45. The van der Waals surface area contributed by atoms with Gasteiger partial charge in [-0.1, -0.05) is 34.1 Å². The largest absolute Gasteiger partial charge is 0.351 e. The molecule has 0 spiro atoms. The molecule has 1 rings (SSSR count). The predicted molar refractivity (Wildman–Crippen MR) is 78.3 cm³/mol. The van der Waals surface area contributed by atoms with Crippen LogP contribution in [0.15, 0.2) is 28.7 Å². The van der Waals surface area contributed by atoms with E-state index >= 15 is 0 Å². The van der Waals surface area contributed by atoms with Crippen molar-refractivity contribution >= 4 is 31.7 Å². The molecule has 3 N–H and O–H groups in total. The number of benzene rings is 1. The summed E-state index contributed by atoms with van der Waals surface area (Å²) < 4.78 is 22.9. The van der Waals surface area contributed by atoms with E-state index < -0.39 is 15.9 Å². The Kier molecular flexibility index (Phi) is 5.96. The van der Waals surface area contributed by atoms with Gasteiger partial charge in [0, 0.05) is 17.3 Å². The summed E-state index contributed by atoms with van der Waals surface area (Å²) in [5.41, 5.74) is 6.57. The Bertz CT molecular complexity index is 546. The first-order valence-electron chi connectivity index (χ1n) is 5.74. The smallest absolute Gasteiger partial charge is 0.237 e. The molecule has 0 radical (unpaired) electrons. The lowest BCUT2D eigenvalue weighted by molar-refractivity contribution is -0.122. The average Bonchev–Trinajstić information content (AvgIpc) is 2.33. The van der Waals surface area contributed by atoms with Crippen LogP contribution in [0.1, 0.15) is 12.0 Å². The molecule has 0 bridgehead atoms. The lowest BCUT2D eigenvalue weighted by Crippen LogP contribution is -2.41. The Hall–Kier alpha value is -0.920. The predicted octanol–water partition coefficient (Wildman–Crippen LogP) is 0.827. The minimum atomic E-state index is -3.09. The third-order valence-electron chi connectivity index (χ3n) is 2.55. The minimum Gasteiger partial charge on any atom is -0.351 e. The number of amides is 1. The van der Waals surface area contributed by atoms with Gasteiger partial charge in [0.1, 0.15) is 9.84 Å². The zero-order chi connectivity index (χ0) is 14.5. The van der Waals surface area contributed by atoms with Crippen LogP contribution in [-0.2, 0) is 21.2 Å². The van der Waals surface area contributed by atoms with Crippen LogP contribution < -0.4 is 11.1 Å². The number of hydrogen-bond acceptors (Lipinski definition) is 4. The van der Waals surface area contributed by atoms with E-state index in [1.165, 1.54) is 0 Å². The molecule has 106 valence electrons. The molecule has 0 saturated carbocycles. The number of hydrogen-bond donors (Lipinski definition) is 2. The molecule has 1 amide bonds. The molecule has 0 aliphatic rings. The highest BCUT2D eigenvalue weighted by Gasteiger charge is 2.15. The van der Waals surface area contributed by atoms with Crippen LogP contribution in [0.2, 0.25) is 0 Å². The van der Waals surface area contributed by atoms with Crippen molar-refractivity contribution in [1.82, 2.24) is 5.32 Å². The van der Waals surface area contributed by atoms with Crippen LogP contribution in [0.25, 0.3) is 0 Å². The summed E-state index contributed by atoms with van der Waals surface area (Å²) in [6.07, 6.45) is 1.25. The fraction of sp³-hybridized carbons (Fsp3) is 0.417. The Morgan fingerprint density at radius 1 is 1.42 bits per heavy atom. The third kappa shape index (κ3) is 6.17. The van der Waals surface area contributed by atoms with E-state index in [1.807, 2.05) is 24.3 Å². The van der Waals surface area contributed by atoms with Gasteiger partial charge in [-0.05, 0) is 18.1 Å². The van der Waals surface area contributed by atoms with Crippen molar-refractivity contribution in [3.8, 4) is 0 Å². The number of carbonyl (C=O) groups is 1. The molecule has 19 heavy (non-hydrogen) atoms. The quantitative estimate of drug-likeness (QED) is 0.796. The number of sulfone groups is 1. The Morgan fingerprint density at radius 3 is 2.63 bits per heavy atom. The Labute approximate surface area is 121 Å². The molecule has 1 aromatic carbocycles. The van der Waals surface area contributed by atoms with Gasteiger partial charge < -0.3 is 11.1 Å². The van der Waals surface area contributed by atoms with E-state index in [2.05, 4.69) is 21.2 Å². The lowest BCUT2D eigenvalue weighted by atomic mass is 10.2. The number of halogens is 1. The second-order valence-corrected chi connectivity index (χ2v) is 7.45. The van der Waals surface area contributed by atoms with Gasteiger partial charge in [-0.2, -0.15) is 0 Å². The van der Waals surface area contributed by atoms with Crippen LogP contribution in [0, 0.1) is 0 Å². The molecule has 0 aromatic heterocycles. The average molecular weight is 349 g/mol. The molecular formula is C12H17BrN2O3S. The number of nitrogens with one attached hydrogen (secondary N) is 1. The van der Waals surface area contributed by atoms with Crippen molar-refractivity contribution in [2.45, 2.75) is 19.0 Å². The summed E-state index contributed by atoms with van der Waals surface area (Å²) in [6.45, 7) is 0.354. The molecule has 0 heterocycles. The summed E-state index contributed by atoms with van der Waals surface area (Å²) >= 11 is 3.38. The van der Waals surface area contributed by atoms with Crippen molar-refractivity contribution in [1.29, 1.82) is 0 Å². The molecule has 0 aliphatic carbocycles. The van der Waals surface area contributed by atoms with Gasteiger partial charge in [0.15, 0.2) is 0 Å². The van der Waals surface area contributed by atoms with E-state index in [4.69, 9.17) is 5.73 Å². The molecule has 5 nitrogen and oxygen atoms in total. The van der Waals surface area contributed by atoms with Gasteiger partial charge in [0.2, 0.25) is 5.91 Å². The van der Waals surface area contributed by atoms with E-state index in [9.17, 15) is 13.2 Å². The van der Waals surface area contributed by atoms with Crippen LogP contribution in [-0.4, -0.2) is 32.4 Å². The second kappa shape index (κ2) is 7.02. The van der Waals surface area contributed by atoms with Crippen LogP contribution in [0.3, 0.4) is 0 Å². The van der Waals surface area contributed by atoms with E-state index in [0.29, 0.717) is 6.54 Å². The summed E-state index contributed by atoms with van der Waals surface area (Å²) in [7, 11) is -3.09. The van der Waals surface area contributed by atoms with E-state index in [0.717, 1.165) is 16.3 Å². The van der Waals surface area contributed by atoms with Crippen LogP contribution >= 0.6 is 15.9 Å². The topological polar surface area (TPSA) is 89.3 Å². The molecular weight excluding hydrogens is 332 g/mol. The third-order valence-corrected chi connectivity index (χ3v) is 4.30. The molecule has 0 saturated heterocycles. The van der Waals surface area contributed by atoms with Gasteiger partial charge in [0.25, 0.3) is 0 Å². The normalized spacial score (nSPS) is 13.0. The van der Waals surface area contributed by atoms with Gasteiger partial charge in [-0.25, -0.2) is 8.42 Å². The fourth-order valence-electron chi connectivity index (χ4n) is 1.43. The van der Waals surface area contributed by atoms with Gasteiger partial charge in [0.05, 0.1) is 11.8 Å². The summed E-state index contributed by atoms with van der Waals surface area (Å²) in [4.78, 5) is 11.7. The highest BCUT2D eigenvalue weighted by Crippen LogP contribution is 2.15. The maximum absolute atomic E-state index is 11.7. The molecule has 7 heteroatoms. The van der Waals surface area contributed by atoms with Crippen molar-refractivity contribution in [3.05, 3.63) is 34.3 Å². The van der Waals surface area contributed by atoms with Crippen LogP contribution in [0.4, 0.5) is 0 Å². The zero-order valence-corrected chi connectivity index (χ0v) is 13.0. The summed E-state index contributed by atoms with van der Waals surface area (Å²) in [5.74, 6) is -0.434. The van der Waals surface area contributed by atoms with Crippen molar-refractivity contribution in [2.24, 2.45) is 5.73 Å². The molecule has 1 atom stereocenters. The first-order chi connectivity index (χ1) is 8.79. The Morgan fingerprint density at radius 2 is 2.05 bits per heavy atom. The number of nitrogens with two attached hydrogens (primary N) is 1. The first kappa shape index (κ1) is 16.1. The molecule has 0 fully saturated rings. The molecule has 0 aliphatic heterocycles. The van der Waals surface area contributed by atoms with Gasteiger partial charge in [-0.15, -0.1) is 0 Å². The number of carbonyl (C=O) groups excluding carboxylic acids is 1. The fourth-order valence-corrected chi connectivity index (χ4v) is 2.53. The van der Waals surface area contributed by atoms with Crippen molar-refractivity contribution in [3.63, 3.8) is 0 Å². The SMILES string of the molecule is CS(=O)(=O)CCC(N)C(=O)NCc1ccccc1Br. The lowest BCUT2D eigenvalue weighted by Gasteiger charge is -2.12. The summed E-state index contributed by atoms with van der Waals surface area (Å²) in [5, 5.41) is 2.69. The highest BCUT2D eigenvalue weighted by molar-refractivity contribution is 9.10. The van der Waals surface area contributed by atoms with Gasteiger partial charge in [-0.3, -0.25) is 4.79 Å². The maximum atomic E-state index is 11.7. The van der Waals surface area contributed by atoms with E-state index in [-0.39, 0.29) is 18.1 Å². The first-order valence-corrected chi connectivity index (χ1v) is 8.59. The molecule has 1 unspecified atom stereocenters. The second-order valence-electron chi connectivity index (χ2n) is 4.33. The highest BCUT2D eigenvalue weighted by atomic mass is 79.9. The minimum absolute atomic E-state index is 0.0867. The van der Waals surface area contributed by atoms with Crippen molar-refractivity contribution in [2.75, 3.05) is 12.0 Å². The van der Waals surface area contributed by atoms with Gasteiger partial charge >= 0.3 is 0 Å². The number of rotatable bonds is 6. The van der Waals surface area contributed by atoms with Crippen LogP contribution in [0.5, 0.6) is 0 Å². The standard InChI is InChI=1S/C12H17BrN2O3S/c1-19(17,18)7-6-11(14)12(16)15-8-9-4-2-3-5-10(9)13/h2-5,11H,6-8,14H2,1H3,(H,15,16). The van der Waals surface area contributed by atoms with E-state index in [1.54, 1.807) is 0 Å². The summed E-state index contributed by atoms with van der Waals surface area (Å²) in [6, 6.07) is 6.71. The van der Waals surface area contributed by atoms with Crippen molar-refractivity contribution < 1.29 is 13.2 Å². The zero-order valence-electron chi connectivity index (χ0n) is 10.6. The molecule has 1 aromatic rings.